The molecule has 1 amide bonds. The Kier molecular flexibility index (Phi) is 4.88. The van der Waals surface area contributed by atoms with Gasteiger partial charge in [0.05, 0.1) is 5.69 Å². The Hall–Kier alpha value is -2.16. The molecule has 1 N–H and O–H groups in total. The average Bonchev–Trinajstić information content (AvgIpc) is 2.47. The van der Waals surface area contributed by atoms with Crippen molar-refractivity contribution < 1.29 is 4.79 Å². The van der Waals surface area contributed by atoms with Crippen molar-refractivity contribution in [3.63, 3.8) is 0 Å². The van der Waals surface area contributed by atoms with Crippen LogP contribution >= 0.6 is 0 Å². The maximum atomic E-state index is 11.9. The van der Waals surface area contributed by atoms with E-state index in [0.717, 1.165) is 30.6 Å². The summed E-state index contributed by atoms with van der Waals surface area (Å²) >= 11 is 0. The Morgan fingerprint density at radius 2 is 1.95 bits per heavy atom. The van der Waals surface area contributed by atoms with E-state index in [9.17, 15) is 4.79 Å². The molecule has 0 spiro atoms. The highest BCUT2D eigenvalue weighted by atomic mass is 16.1. The van der Waals surface area contributed by atoms with Gasteiger partial charge in [0.1, 0.15) is 0 Å². The molecular weight excluding hydrogens is 248 g/mol. The predicted molar refractivity (Wildman–Crippen MR) is 81.7 cm³/mol. The van der Waals surface area contributed by atoms with Gasteiger partial charge in [-0.3, -0.25) is 9.78 Å². The lowest BCUT2D eigenvalue weighted by molar-refractivity contribution is 0.0953. The summed E-state index contributed by atoms with van der Waals surface area (Å²) in [5.41, 5.74) is 3.83. The van der Waals surface area contributed by atoms with Gasteiger partial charge < -0.3 is 5.32 Å². The second kappa shape index (κ2) is 6.85. The van der Waals surface area contributed by atoms with Crippen LogP contribution in [0.4, 0.5) is 0 Å². The van der Waals surface area contributed by atoms with Crippen molar-refractivity contribution in [2.24, 2.45) is 0 Å². The fourth-order valence-electron chi connectivity index (χ4n) is 1.97. The van der Waals surface area contributed by atoms with Crippen LogP contribution < -0.4 is 5.32 Å². The SMILES string of the molecule is CCCCNC(=O)c1ccc(-c2cc(C)ccn2)cc1. The molecule has 1 heterocycles. The lowest BCUT2D eigenvalue weighted by Gasteiger charge is -2.06. The van der Waals surface area contributed by atoms with E-state index >= 15 is 0 Å². The third-order valence-electron chi connectivity index (χ3n) is 3.17. The molecule has 0 atom stereocenters. The van der Waals surface area contributed by atoms with Crippen LogP contribution in [0.25, 0.3) is 11.3 Å². The molecule has 0 radical (unpaired) electrons. The molecule has 20 heavy (non-hydrogen) atoms. The number of carbonyl (C=O) groups excluding carboxylic acids is 1. The molecule has 0 aliphatic heterocycles. The van der Waals surface area contributed by atoms with Crippen molar-refractivity contribution >= 4 is 5.91 Å². The van der Waals surface area contributed by atoms with Gasteiger partial charge in [-0.05, 0) is 43.2 Å². The zero-order valence-electron chi connectivity index (χ0n) is 12.0. The topological polar surface area (TPSA) is 42.0 Å². The molecule has 2 aromatic rings. The highest BCUT2D eigenvalue weighted by Gasteiger charge is 2.05. The normalized spacial score (nSPS) is 10.3. The standard InChI is InChI=1S/C17H20N2O/c1-3-4-10-19-17(20)15-7-5-14(6-8-15)16-12-13(2)9-11-18-16/h5-9,11-12H,3-4,10H2,1-2H3,(H,19,20). The average molecular weight is 268 g/mol. The molecule has 1 aromatic heterocycles. The van der Waals surface area contributed by atoms with Crippen LogP contribution in [0.2, 0.25) is 0 Å². The van der Waals surface area contributed by atoms with Gasteiger partial charge in [0.15, 0.2) is 0 Å². The summed E-state index contributed by atoms with van der Waals surface area (Å²) in [6, 6.07) is 11.6. The second-order valence-corrected chi connectivity index (χ2v) is 4.91. The summed E-state index contributed by atoms with van der Waals surface area (Å²) in [6.45, 7) is 4.88. The molecule has 0 fully saturated rings. The molecule has 104 valence electrons. The first-order chi connectivity index (χ1) is 9.70. The lowest BCUT2D eigenvalue weighted by Crippen LogP contribution is -2.24. The maximum Gasteiger partial charge on any atom is 0.251 e. The van der Waals surface area contributed by atoms with E-state index in [1.807, 2.05) is 43.3 Å². The van der Waals surface area contributed by atoms with E-state index in [1.165, 1.54) is 5.56 Å². The number of pyridine rings is 1. The van der Waals surface area contributed by atoms with Gasteiger partial charge in [-0.25, -0.2) is 0 Å². The van der Waals surface area contributed by atoms with Gasteiger partial charge in [-0.1, -0.05) is 25.5 Å². The van der Waals surface area contributed by atoms with Crippen molar-refractivity contribution in [2.75, 3.05) is 6.54 Å². The first kappa shape index (κ1) is 14.3. The number of unbranched alkanes of at least 4 members (excludes halogenated alkanes) is 1. The highest BCUT2D eigenvalue weighted by Crippen LogP contribution is 2.18. The number of hydrogen-bond acceptors (Lipinski definition) is 2. The van der Waals surface area contributed by atoms with Crippen LogP contribution in [0.3, 0.4) is 0 Å². The van der Waals surface area contributed by atoms with Gasteiger partial charge in [-0.2, -0.15) is 0 Å². The zero-order valence-corrected chi connectivity index (χ0v) is 12.0. The third-order valence-corrected chi connectivity index (χ3v) is 3.17. The minimum atomic E-state index is -0.0119. The molecule has 0 saturated heterocycles. The Morgan fingerprint density at radius 1 is 1.20 bits per heavy atom. The zero-order chi connectivity index (χ0) is 14.4. The van der Waals surface area contributed by atoms with Crippen molar-refractivity contribution in [3.05, 3.63) is 53.7 Å². The van der Waals surface area contributed by atoms with Gasteiger partial charge in [0.25, 0.3) is 5.91 Å². The number of benzene rings is 1. The summed E-state index contributed by atoms with van der Waals surface area (Å²) in [6.07, 6.45) is 3.89. The minimum Gasteiger partial charge on any atom is -0.352 e. The summed E-state index contributed by atoms with van der Waals surface area (Å²) < 4.78 is 0. The second-order valence-electron chi connectivity index (χ2n) is 4.91. The number of carbonyl (C=O) groups is 1. The largest absolute Gasteiger partial charge is 0.352 e. The monoisotopic (exact) mass is 268 g/mol. The van der Waals surface area contributed by atoms with E-state index < -0.39 is 0 Å². The molecule has 0 unspecified atom stereocenters. The van der Waals surface area contributed by atoms with Gasteiger partial charge in [0.2, 0.25) is 0 Å². The lowest BCUT2D eigenvalue weighted by atomic mass is 10.1. The molecule has 0 aliphatic rings. The van der Waals surface area contributed by atoms with Gasteiger partial charge in [-0.15, -0.1) is 0 Å². The van der Waals surface area contributed by atoms with E-state index in [2.05, 4.69) is 17.2 Å². The van der Waals surface area contributed by atoms with Crippen LogP contribution in [0, 0.1) is 6.92 Å². The molecule has 2 rings (SSSR count). The van der Waals surface area contributed by atoms with Crippen LogP contribution in [-0.2, 0) is 0 Å². The quantitative estimate of drug-likeness (QED) is 0.842. The molecule has 3 heteroatoms. The Bertz CT molecular complexity index is 576. The Balaban J connectivity index is 2.08. The molecule has 0 bridgehead atoms. The minimum absolute atomic E-state index is 0.0119. The number of hydrogen-bond donors (Lipinski definition) is 1. The highest BCUT2D eigenvalue weighted by molar-refractivity contribution is 5.94. The molecule has 0 aliphatic carbocycles. The number of amides is 1. The van der Waals surface area contributed by atoms with E-state index in [1.54, 1.807) is 6.20 Å². The summed E-state index contributed by atoms with van der Waals surface area (Å²) in [5, 5.41) is 2.91. The van der Waals surface area contributed by atoms with E-state index in [4.69, 9.17) is 0 Å². The first-order valence-corrected chi connectivity index (χ1v) is 7.02. The van der Waals surface area contributed by atoms with E-state index in [0.29, 0.717) is 5.56 Å². The van der Waals surface area contributed by atoms with Crippen LogP contribution in [0.5, 0.6) is 0 Å². The van der Waals surface area contributed by atoms with Gasteiger partial charge in [0, 0.05) is 23.9 Å². The third kappa shape index (κ3) is 3.67. The van der Waals surface area contributed by atoms with Crippen LogP contribution in [0.1, 0.15) is 35.7 Å². The number of nitrogens with zero attached hydrogens (tertiary/aromatic N) is 1. The Morgan fingerprint density at radius 3 is 2.60 bits per heavy atom. The van der Waals surface area contributed by atoms with Crippen molar-refractivity contribution in [2.45, 2.75) is 26.7 Å². The summed E-state index contributed by atoms with van der Waals surface area (Å²) in [4.78, 5) is 16.2. The Labute approximate surface area is 120 Å². The van der Waals surface area contributed by atoms with Crippen molar-refractivity contribution in [1.29, 1.82) is 0 Å². The van der Waals surface area contributed by atoms with Gasteiger partial charge >= 0.3 is 0 Å². The summed E-state index contributed by atoms with van der Waals surface area (Å²) in [7, 11) is 0. The van der Waals surface area contributed by atoms with Crippen LogP contribution in [0.15, 0.2) is 42.6 Å². The molecule has 3 nitrogen and oxygen atoms in total. The smallest absolute Gasteiger partial charge is 0.251 e. The molecule has 0 saturated carbocycles. The van der Waals surface area contributed by atoms with Crippen molar-refractivity contribution in [3.8, 4) is 11.3 Å². The van der Waals surface area contributed by atoms with E-state index in [-0.39, 0.29) is 5.91 Å². The molecular formula is C17H20N2O. The van der Waals surface area contributed by atoms with Crippen molar-refractivity contribution in [1.82, 2.24) is 10.3 Å². The first-order valence-electron chi connectivity index (χ1n) is 7.02. The van der Waals surface area contributed by atoms with Crippen LogP contribution in [-0.4, -0.2) is 17.4 Å². The number of aryl methyl sites for hydroxylation is 1. The number of aromatic nitrogens is 1. The fraction of sp³-hybridized carbons (Fsp3) is 0.294. The predicted octanol–water partition coefficient (Wildman–Crippen LogP) is 3.59. The number of rotatable bonds is 5. The maximum absolute atomic E-state index is 11.9. The summed E-state index contributed by atoms with van der Waals surface area (Å²) in [5.74, 6) is -0.0119. The number of nitrogens with one attached hydrogen (secondary N) is 1. The molecule has 1 aromatic carbocycles. The fourth-order valence-corrected chi connectivity index (χ4v) is 1.97.